The molecule has 0 saturated heterocycles. The first-order valence-corrected chi connectivity index (χ1v) is 24.3. The van der Waals surface area contributed by atoms with E-state index in [0.717, 1.165) is 32.1 Å². The van der Waals surface area contributed by atoms with Crippen molar-refractivity contribution >= 4 is 5.91 Å². The summed E-state index contributed by atoms with van der Waals surface area (Å²) in [7, 11) is 0. The van der Waals surface area contributed by atoms with Crippen LogP contribution in [-0.2, 0) is 4.79 Å². The fourth-order valence-corrected chi connectivity index (χ4v) is 7.93. The molecule has 3 atom stereocenters. The molecule has 0 aliphatic carbocycles. The third-order valence-electron chi connectivity index (χ3n) is 11.7. The molecule has 0 fully saturated rings. The molecule has 318 valence electrons. The molecule has 5 nitrogen and oxygen atoms in total. The van der Waals surface area contributed by atoms with Crippen molar-refractivity contribution in [2.75, 3.05) is 6.61 Å². The highest BCUT2D eigenvalue weighted by Crippen LogP contribution is 2.18. The fraction of sp³-hybridized carbons (Fsp3) is 0.979. The molecule has 5 heteroatoms. The van der Waals surface area contributed by atoms with Gasteiger partial charge >= 0.3 is 0 Å². The van der Waals surface area contributed by atoms with Crippen molar-refractivity contribution in [3.8, 4) is 0 Å². The summed E-state index contributed by atoms with van der Waals surface area (Å²) in [5.41, 5.74) is 0. The van der Waals surface area contributed by atoms with Crippen molar-refractivity contribution in [3.63, 3.8) is 0 Å². The third kappa shape index (κ3) is 39.4. The zero-order valence-electron chi connectivity index (χ0n) is 36.2. The first-order valence-electron chi connectivity index (χ1n) is 24.3. The van der Waals surface area contributed by atoms with Crippen LogP contribution in [0.15, 0.2) is 0 Å². The number of unbranched alkanes of at least 4 members (excludes halogenated alkanes) is 37. The van der Waals surface area contributed by atoms with Gasteiger partial charge in [-0.2, -0.15) is 0 Å². The number of rotatable bonds is 45. The lowest BCUT2D eigenvalue weighted by atomic mass is 9.99. The van der Waals surface area contributed by atoms with E-state index in [1.807, 2.05) is 0 Å². The Morgan fingerprint density at radius 3 is 0.906 bits per heavy atom. The van der Waals surface area contributed by atoms with Gasteiger partial charge in [-0.05, 0) is 12.8 Å². The molecule has 53 heavy (non-hydrogen) atoms. The molecule has 0 aromatic rings. The van der Waals surface area contributed by atoms with Crippen LogP contribution in [-0.4, -0.2) is 46.1 Å². The standard InChI is InChI=1S/C48H97NO4/c1-3-5-7-9-11-13-15-17-19-21-23-25-26-28-30-32-34-36-38-40-42-46(51)48(53)45(44-50)49-47(52)43-41-39-37-35-33-31-29-27-24-22-20-18-16-14-12-10-8-6-4-2/h45-46,48,50-51,53H,3-44H2,1-2H3,(H,49,52). The van der Waals surface area contributed by atoms with Crippen molar-refractivity contribution in [2.24, 2.45) is 0 Å². The van der Waals surface area contributed by atoms with Crippen LogP contribution in [0.5, 0.6) is 0 Å². The summed E-state index contributed by atoms with van der Waals surface area (Å²) in [6, 6.07) is -0.803. The SMILES string of the molecule is CCCCCCCCCCCCCCCCCCCCCCC(O)C(O)C(CO)NC(=O)CCCCCCCCCCCCCCCCCCCCC. The van der Waals surface area contributed by atoms with Gasteiger partial charge in [0, 0.05) is 6.42 Å². The lowest BCUT2D eigenvalue weighted by Crippen LogP contribution is -2.50. The van der Waals surface area contributed by atoms with Gasteiger partial charge < -0.3 is 20.6 Å². The highest BCUT2D eigenvalue weighted by Gasteiger charge is 2.26. The summed E-state index contributed by atoms with van der Waals surface area (Å²) < 4.78 is 0. The van der Waals surface area contributed by atoms with E-state index in [9.17, 15) is 20.1 Å². The summed E-state index contributed by atoms with van der Waals surface area (Å²) in [4.78, 5) is 12.5. The second-order valence-electron chi connectivity index (χ2n) is 17.0. The molecule has 0 spiro atoms. The third-order valence-corrected chi connectivity index (χ3v) is 11.7. The van der Waals surface area contributed by atoms with Gasteiger partial charge in [0.15, 0.2) is 0 Å². The van der Waals surface area contributed by atoms with E-state index in [-0.39, 0.29) is 12.5 Å². The molecule has 0 aliphatic heterocycles. The number of amides is 1. The summed E-state index contributed by atoms with van der Waals surface area (Å²) in [5, 5.41) is 33.7. The van der Waals surface area contributed by atoms with Crippen molar-refractivity contribution in [2.45, 2.75) is 295 Å². The van der Waals surface area contributed by atoms with Gasteiger partial charge in [0.25, 0.3) is 0 Å². The number of aliphatic hydroxyl groups excluding tert-OH is 3. The second kappa shape index (κ2) is 44.1. The molecule has 0 aromatic carbocycles. The van der Waals surface area contributed by atoms with E-state index in [4.69, 9.17) is 0 Å². The Labute approximate surface area is 332 Å². The first-order chi connectivity index (χ1) is 26.1. The van der Waals surface area contributed by atoms with Crippen molar-refractivity contribution < 1.29 is 20.1 Å². The summed E-state index contributed by atoms with van der Waals surface area (Å²) in [5.74, 6) is -0.138. The Morgan fingerprint density at radius 2 is 0.642 bits per heavy atom. The normalized spacial score (nSPS) is 13.4. The molecule has 0 aromatic heterocycles. The molecule has 0 heterocycles. The van der Waals surface area contributed by atoms with E-state index in [2.05, 4.69) is 19.2 Å². The van der Waals surface area contributed by atoms with Crippen LogP contribution in [0.1, 0.15) is 277 Å². The van der Waals surface area contributed by atoms with Gasteiger partial charge in [0.1, 0.15) is 6.10 Å². The number of hydrogen-bond donors (Lipinski definition) is 4. The van der Waals surface area contributed by atoms with Crippen LogP contribution < -0.4 is 5.32 Å². The van der Waals surface area contributed by atoms with E-state index < -0.39 is 18.2 Å². The predicted molar refractivity (Wildman–Crippen MR) is 232 cm³/mol. The largest absolute Gasteiger partial charge is 0.394 e. The van der Waals surface area contributed by atoms with Gasteiger partial charge in [-0.25, -0.2) is 0 Å². The molecular formula is C48H97NO4. The maximum absolute atomic E-state index is 12.5. The van der Waals surface area contributed by atoms with Gasteiger partial charge in [-0.1, -0.05) is 258 Å². The summed E-state index contributed by atoms with van der Waals surface area (Å²) in [6.45, 7) is 4.21. The quantitative estimate of drug-likeness (QED) is 0.0466. The van der Waals surface area contributed by atoms with E-state index in [1.165, 1.54) is 218 Å². The van der Waals surface area contributed by atoms with E-state index in [1.54, 1.807) is 0 Å². The average molecular weight is 752 g/mol. The Balaban J connectivity index is 3.55. The Hall–Kier alpha value is -0.650. The smallest absolute Gasteiger partial charge is 0.220 e. The van der Waals surface area contributed by atoms with Crippen LogP contribution in [0, 0.1) is 0 Å². The maximum atomic E-state index is 12.5. The summed E-state index contributed by atoms with van der Waals surface area (Å²) in [6.07, 6.45) is 50.8. The average Bonchev–Trinajstić information content (AvgIpc) is 3.16. The van der Waals surface area contributed by atoms with E-state index >= 15 is 0 Å². The number of carbonyl (C=O) groups excluding carboxylic acids is 1. The first kappa shape index (κ1) is 52.3. The zero-order valence-corrected chi connectivity index (χ0v) is 36.2. The van der Waals surface area contributed by atoms with Crippen LogP contribution in [0.2, 0.25) is 0 Å². The Kier molecular flexibility index (Phi) is 43.5. The number of carbonyl (C=O) groups is 1. The molecule has 4 N–H and O–H groups in total. The number of nitrogens with one attached hydrogen (secondary N) is 1. The van der Waals surface area contributed by atoms with Gasteiger partial charge in [-0.15, -0.1) is 0 Å². The van der Waals surface area contributed by atoms with Gasteiger partial charge in [0.05, 0.1) is 18.8 Å². The topological polar surface area (TPSA) is 89.8 Å². The molecular weight excluding hydrogens is 655 g/mol. The van der Waals surface area contributed by atoms with Crippen molar-refractivity contribution in [1.82, 2.24) is 5.32 Å². The molecule has 0 saturated carbocycles. The Morgan fingerprint density at radius 1 is 0.396 bits per heavy atom. The molecule has 3 unspecified atom stereocenters. The molecule has 0 bridgehead atoms. The number of hydrogen-bond acceptors (Lipinski definition) is 4. The van der Waals surface area contributed by atoms with Crippen LogP contribution in [0.4, 0.5) is 0 Å². The maximum Gasteiger partial charge on any atom is 0.220 e. The van der Waals surface area contributed by atoms with Crippen molar-refractivity contribution in [3.05, 3.63) is 0 Å². The lowest BCUT2D eigenvalue weighted by Gasteiger charge is -2.26. The van der Waals surface area contributed by atoms with Gasteiger partial charge in [0.2, 0.25) is 5.91 Å². The minimum absolute atomic E-state index is 0.138. The Bertz CT molecular complexity index is 703. The molecule has 0 rings (SSSR count). The van der Waals surface area contributed by atoms with Crippen LogP contribution in [0.25, 0.3) is 0 Å². The van der Waals surface area contributed by atoms with Crippen LogP contribution >= 0.6 is 0 Å². The van der Waals surface area contributed by atoms with Crippen LogP contribution in [0.3, 0.4) is 0 Å². The highest BCUT2D eigenvalue weighted by atomic mass is 16.3. The van der Waals surface area contributed by atoms with E-state index in [0.29, 0.717) is 12.8 Å². The molecule has 0 aliphatic rings. The minimum atomic E-state index is -1.13. The number of aliphatic hydroxyl groups is 3. The summed E-state index contributed by atoms with van der Waals surface area (Å²) >= 11 is 0. The molecule has 0 radical (unpaired) electrons. The predicted octanol–water partition coefficient (Wildman–Crippen LogP) is 14.2. The van der Waals surface area contributed by atoms with Gasteiger partial charge in [-0.3, -0.25) is 4.79 Å². The zero-order chi connectivity index (χ0) is 38.7. The molecule has 1 amide bonds. The van der Waals surface area contributed by atoms with Crippen molar-refractivity contribution in [1.29, 1.82) is 0 Å². The highest BCUT2D eigenvalue weighted by molar-refractivity contribution is 5.76. The minimum Gasteiger partial charge on any atom is -0.394 e. The second-order valence-corrected chi connectivity index (χ2v) is 17.0. The fourth-order valence-electron chi connectivity index (χ4n) is 7.93. The monoisotopic (exact) mass is 752 g/mol. The lowest BCUT2D eigenvalue weighted by molar-refractivity contribution is -0.124.